The van der Waals surface area contributed by atoms with Gasteiger partial charge in [-0.2, -0.15) is 0 Å². The lowest BCUT2D eigenvalue weighted by molar-refractivity contribution is -0.384. The van der Waals surface area contributed by atoms with Crippen molar-refractivity contribution in [3.8, 4) is 5.75 Å². The van der Waals surface area contributed by atoms with E-state index in [1.165, 1.54) is 48.5 Å². The van der Waals surface area contributed by atoms with Gasteiger partial charge in [-0.05, 0) is 41.6 Å². The number of amides is 2. The summed E-state index contributed by atoms with van der Waals surface area (Å²) in [7, 11) is 0. The number of imide groups is 1. The zero-order chi connectivity index (χ0) is 18.8. The van der Waals surface area contributed by atoms with Crippen LogP contribution < -0.4 is 0 Å². The molecule has 9 heteroatoms. The molecule has 26 heavy (non-hydrogen) atoms. The van der Waals surface area contributed by atoms with Gasteiger partial charge < -0.3 is 5.11 Å². The Bertz CT molecular complexity index is 943. The first-order chi connectivity index (χ1) is 12.3. The van der Waals surface area contributed by atoms with Crippen LogP contribution in [0.3, 0.4) is 0 Å². The van der Waals surface area contributed by atoms with Gasteiger partial charge in [0.05, 0.1) is 16.4 Å². The van der Waals surface area contributed by atoms with Gasteiger partial charge >= 0.3 is 0 Å². The highest BCUT2D eigenvalue weighted by Gasteiger charge is 2.35. The Morgan fingerprint density at radius 1 is 1.19 bits per heavy atom. The van der Waals surface area contributed by atoms with Gasteiger partial charge in [0.1, 0.15) is 5.75 Å². The van der Waals surface area contributed by atoms with Crippen molar-refractivity contribution >= 4 is 46.3 Å². The molecular weight excluding hydrogens is 380 g/mol. The maximum Gasteiger partial charge on any atom is 0.293 e. The number of hydrogen-bond acceptors (Lipinski definition) is 6. The van der Waals surface area contributed by atoms with E-state index in [1.807, 2.05) is 0 Å². The molecule has 3 rings (SSSR count). The van der Waals surface area contributed by atoms with E-state index in [0.717, 1.165) is 16.7 Å². The largest absolute Gasteiger partial charge is 0.507 e. The quantitative estimate of drug-likeness (QED) is 0.477. The number of non-ortho nitro benzene ring substituents is 1. The SMILES string of the molecule is O=C1S/C(=C\c2cc(Cl)ccc2O)C(=O)N1Cc1ccc([N+](=O)[O-])cc1. The van der Waals surface area contributed by atoms with Gasteiger partial charge in [0.25, 0.3) is 16.8 Å². The highest BCUT2D eigenvalue weighted by Crippen LogP contribution is 2.35. The second-order valence-corrected chi connectivity index (χ2v) is 6.82. The summed E-state index contributed by atoms with van der Waals surface area (Å²) in [6.07, 6.45) is 1.40. The van der Waals surface area contributed by atoms with Crippen LogP contribution in [0.1, 0.15) is 11.1 Å². The van der Waals surface area contributed by atoms with E-state index in [4.69, 9.17) is 11.6 Å². The van der Waals surface area contributed by atoms with Crippen molar-refractivity contribution < 1.29 is 19.6 Å². The van der Waals surface area contributed by atoms with E-state index in [1.54, 1.807) is 0 Å². The lowest BCUT2D eigenvalue weighted by atomic mass is 10.1. The first-order valence-corrected chi connectivity index (χ1v) is 8.52. The maximum atomic E-state index is 12.5. The molecule has 1 saturated heterocycles. The minimum absolute atomic E-state index is 0.00152. The van der Waals surface area contributed by atoms with Crippen molar-refractivity contribution in [2.45, 2.75) is 6.54 Å². The van der Waals surface area contributed by atoms with E-state index in [9.17, 15) is 24.8 Å². The molecule has 1 aliphatic rings. The fraction of sp³-hybridized carbons (Fsp3) is 0.0588. The van der Waals surface area contributed by atoms with Crippen molar-refractivity contribution in [2.24, 2.45) is 0 Å². The lowest BCUT2D eigenvalue weighted by Crippen LogP contribution is -2.27. The molecule has 132 valence electrons. The molecule has 1 aliphatic heterocycles. The number of carbonyl (C=O) groups excluding carboxylic acids is 2. The van der Waals surface area contributed by atoms with Crippen LogP contribution in [-0.2, 0) is 11.3 Å². The van der Waals surface area contributed by atoms with Crippen LogP contribution in [0.4, 0.5) is 10.5 Å². The summed E-state index contributed by atoms with van der Waals surface area (Å²) in [6, 6.07) is 10.0. The van der Waals surface area contributed by atoms with Crippen molar-refractivity contribution in [2.75, 3.05) is 0 Å². The Morgan fingerprint density at radius 3 is 2.54 bits per heavy atom. The summed E-state index contributed by atoms with van der Waals surface area (Å²) in [5.41, 5.74) is 0.849. The summed E-state index contributed by atoms with van der Waals surface area (Å²) < 4.78 is 0. The Kier molecular flexibility index (Phi) is 4.97. The predicted molar refractivity (Wildman–Crippen MR) is 97.7 cm³/mol. The number of nitro benzene ring substituents is 1. The van der Waals surface area contributed by atoms with E-state index >= 15 is 0 Å². The van der Waals surface area contributed by atoms with Gasteiger partial charge in [-0.3, -0.25) is 24.6 Å². The smallest absolute Gasteiger partial charge is 0.293 e. The summed E-state index contributed by atoms with van der Waals surface area (Å²) in [6.45, 7) is 0.00152. The fourth-order valence-electron chi connectivity index (χ4n) is 2.32. The van der Waals surface area contributed by atoms with E-state index in [2.05, 4.69) is 0 Å². The van der Waals surface area contributed by atoms with Gasteiger partial charge in [0.2, 0.25) is 0 Å². The molecule has 0 unspecified atom stereocenters. The molecule has 0 atom stereocenters. The normalized spacial score (nSPS) is 15.7. The highest BCUT2D eigenvalue weighted by atomic mass is 35.5. The Labute approximate surface area is 157 Å². The second kappa shape index (κ2) is 7.19. The van der Waals surface area contributed by atoms with E-state index < -0.39 is 16.1 Å². The molecule has 1 heterocycles. The van der Waals surface area contributed by atoms with Gasteiger partial charge in [0.15, 0.2) is 0 Å². The number of carbonyl (C=O) groups is 2. The molecule has 0 aliphatic carbocycles. The molecule has 1 N–H and O–H groups in total. The Balaban J connectivity index is 1.81. The minimum atomic E-state index is -0.524. The molecule has 0 radical (unpaired) electrons. The van der Waals surface area contributed by atoms with Crippen LogP contribution in [0.2, 0.25) is 5.02 Å². The number of rotatable bonds is 4. The van der Waals surface area contributed by atoms with Crippen molar-refractivity contribution in [1.82, 2.24) is 4.90 Å². The third-order valence-corrected chi connectivity index (χ3v) is 4.78. The van der Waals surface area contributed by atoms with Crippen molar-refractivity contribution in [3.05, 3.63) is 73.6 Å². The van der Waals surface area contributed by atoms with Crippen LogP contribution in [0.15, 0.2) is 47.4 Å². The Morgan fingerprint density at radius 2 is 1.88 bits per heavy atom. The van der Waals surface area contributed by atoms with Crippen LogP contribution in [0.5, 0.6) is 5.75 Å². The molecule has 1 fully saturated rings. The summed E-state index contributed by atoms with van der Waals surface area (Å²) in [5.74, 6) is -0.561. The zero-order valence-corrected chi connectivity index (χ0v) is 14.7. The summed E-state index contributed by atoms with van der Waals surface area (Å²) >= 11 is 6.64. The number of hydrogen-bond donors (Lipinski definition) is 1. The summed E-state index contributed by atoms with van der Waals surface area (Å²) in [5, 5.41) is 20.4. The van der Waals surface area contributed by atoms with Crippen LogP contribution in [-0.4, -0.2) is 26.1 Å². The molecule has 0 spiro atoms. The van der Waals surface area contributed by atoms with Crippen molar-refractivity contribution in [3.63, 3.8) is 0 Å². The molecule has 2 aromatic carbocycles. The molecule has 0 bridgehead atoms. The molecule has 0 saturated carbocycles. The van der Waals surface area contributed by atoms with Crippen LogP contribution in [0, 0.1) is 10.1 Å². The summed E-state index contributed by atoms with van der Waals surface area (Å²) in [4.78, 5) is 36.0. The molecule has 0 aromatic heterocycles. The first kappa shape index (κ1) is 18.0. The van der Waals surface area contributed by atoms with Crippen LogP contribution in [0.25, 0.3) is 6.08 Å². The lowest BCUT2D eigenvalue weighted by Gasteiger charge is -2.12. The number of thioether (sulfide) groups is 1. The minimum Gasteiger partial charge on any atom is -0.507 e. The van der Waals surface area contributed by atoms with Gasteiger partial charge in [-0.25, -0.2) is 0 Å². The number of phenolic OH excluding ortho intramolecular Hbond substituents is 1. The first-order valence-electron chi connectivity index (χ1n) is 7.32. The molecule has 2 amide bonds. The van der Waals surface area contributed by atoms with E-state index in [-0.39, 0.29) is 22.9 Å². The average Bonchev–Trinajstić information content (AvgIpc) is 2.86. The second-order valence-electron chi connectivity index (χ2n) is 5.39. The van der Waals surface area contributed by atoms with Gasteiger partial charge in [-0.15, -0.1) is 0 Å². The Hall–Kier alpha value is -2.84. The number of nitrogens with zero attached hydrogens (tertiary/aromatic N) is 2. The number of nitro groups is 1. The van der Waals surface area contributed by atoms with Crippen LogP contribution >= 0.6 is 23.4 Å². The monoisotopic (exact) mass is 390 g/mol. The van der Waals surface area contributed by atoms with Gasteiger partial charge in [-0.1, -0.05) is 23.7 Å². The maximum absolute atomic E-state index is 12.5. The third-order valence-electron chi connectivity index (χ3n) is 3.64. The fourth-order valence-corrected chi connectivity index (χ4v) is 3.33. The van der Waals surface area contributed by atoms with Crippen molar-refractivity contribution in [1.29, 1.82) is 0 Å². The highest BCUT2D eigenvalue weighted by molar-refractivity contribution is 8.18. The molecular formula is C17H11ClN2O5S. The average molecular weight is 391 g/mol. The zero-order valence-electron chi connectivity index (χ0n) is 13.1. The topological polar surface area (TPSA) is 101 Å². The third kappa shape index (κ3) is 3.71. The number of benzene rings is 2. The predicted octanol–water partition coefficient (Wildman–Crippen LogP) is 4.19. The molecule has 7 nitrogen and oxygen atoms in total. The standard InChI is InChI=1S/C17H11ClN2O5S/c18-12-3-6-14(21)11(7-12)8-15-16(22)19(17(23)26-15)9-10-1-4-13(5-2-10)20(24)25/h1-8,21H,9H2/b15-8-. The molecule has 2 aromatic rings. The van der Waals surface area contributed by atoms with Gasteiger partial charge in [0, 0.05) is 22.7 Å². The number of phenols is 1. The number of aromatic hydroxyl groups is 1. The number of halogens is 1. The van der Waals surface area contributed by atoms with E-state index in [0.29, 0.717) is 16.1 Å².